The van der Waals surface area contributed by atoms with E-state index in [1.807, 2.05) is 0 Å². The van der Waals surface area contributed by atoms with Gasteiger partial charge in [0.15, 0.2) is 0 Å². The Morgan fingerprint density at radius 3 is 2.54 bits per heavy atom. The number of carbonyl (C=O) groups is 1. The number of aromatic nitrogens is 5. The molecule has 1 aliphatic heterocycles. The Balaban J connectivity index is 1.45. The monoisotopic (exact) mass is 486 g/mol. The van der Waals surface area contributed by atoms with Gasteiger partial charge < -0.3 is 9.32 Å². The zero-order valence-corrected chi connectivity index (χ0v) is 18.7. The molecule has 1 saturated heterocycles. The molecule has 1 aromatic carbocycles. The third-order valence-electron chi connectivity index (χ3n) is 6.22. The molecule has 4 heterocycles. The summed E-state index contributed by atoms with van der Waals surface area (Å²) in [5, 5.41) is 6.89. The Kier molecular flexibility index (Phi) is 5.87. The van der Waals surface area contributed by atoms with E-state index in [9.17, 15) is 22.8 Å². The Hall–Kier alpha value is -3.96. The van der Waals surface area contributed by atoms with Gasteiger partial charge in [0.1, 0.15) is 5.82 Å². The topological polar surface area (TPSA) is 99.1 Å². The van der Waals surface area contributed by atoms with Crippen LogP contribution in [0.1, 0.15) is 43.8 Å². The Labute approximate surface area is 196 Å². The lowest BCUT2D eigenvalue weighted by Gasteiger charge is -2.31. The molecule has 9 nitrogen and oxygen atoms in total. The van der Waals surface area contributed by atoms with Gasteiger partial charge in [0, 0.05) is 32.3 Å². The van der Waals surface area contributed by atoms with Crippen molar-refractivity contribution >= 4 is 16.9 Å². The molecule has 182 valence electrons. The first kappa shape index (κ1) is 22.8. The van der Waals surface area contributed by atoms with Crippen molar-refractivity contribution in [3.63, 3.8) is 0 Å². The number of nitrogens with zero attached hydrogens (tertiary/aromatic N) is 6. The lowest BCUT2D eigenvalue weighted by Crippen LogP contribution is -2.40. The number of pyridine rings is 1. The average molecular weight is 486 g/mol. The van der Waals surface area contributed by atoms with E-state index in [4.69, 9.17) is 4.42 Å². The first-order valence-corrected chi connectivity index (χ1v) is 11.0. The molecule has 0 aliphatic carbocycles. The highest BCUT2D eigenvalue weighted by Crippen LogP contribution is 2.27. The van der Waals surface area contributed by atoms with Gasteiger partial charge >= 0.3 is 12.1 Å². The van der Waals surface area contributed by atoms with Gasteiger partial charge in [-0.25, -0.2) is 9.18 Å². The van der Waals surface area contributed by atoms with Crippen LogP contribution in [0.3, 0.4) is 0 Å². The summed E-state index contributed by atoms with van der Waals surface area (Å²) in [5.41, 5.74) is 1.61. The molecular formula is C23H21F3N6O3. The van der Waals surface area contributed by atoms with Crippen LogP contribution in [-0.4, -0.2) is 48.2 Å². The van der Waals surface area contributed by atoms with Gasteiger partial charge in [-0.1, -0.05) is 0 Å². The van der Waals surface area contributed by atoms with Crippen LogP contribution < -0.4 is 5.69 Å². The SMILES string of the molecule is CC(=O)N1CCC(n2c(=O)n(Cc3ccc(-c4nnc(C(F)F)o4)cn3)c3cc(F)ccc32)CC1. The maximum Gasteiger partial charge on any atom is 0.329 e. The minimum absolute atomic E-state index is 0.000719. The Morgan fingerprint density at radius 1 is 1.14 bits per heavy atom. The third kappa shape index (κ3) is 4.31. The molecule has 5 rings (SSSR count). The van der Waals surface area contributed by atoms with Crippen molar-refractivity contribution in [3.05, 3.63) is 64.4 Å². The molecule has 0 spiro atoms. The van der Waals surface area contributed by atoms with Crippen LogP contribution in [0.5, 0.6) is 0 Å². The van der Waals surface area contributed by atoms with E-state index in [-0.39, 0.29) is 30.1 Å². The summed E-state index contributed by atoms with van der Waals surface area (Å²) < 4.78 is 47.6. The van der Waals surface area contributed by atoms with Crippen molar-refractivity contribution in [3.8, 4) is 11.5 Å². The van der Waals surface area contributed by atoms with E-state index in [2.05, 4.69) is 15.2 Å². The number of piperidine rings is 1. The Morgan fingerprint density at radius 2 is 1.91 bits per heavy atom. The van der Waals surface area contributed by atoms with Gasteiger partial charge in [0.2, 0.25) is 11.8 Å². The van der Waals surface area contributed by atoms with Crippen LogP contribution in [0.2, 0.25) is 0 Å². The van der Waals surface area contributed by atoms with Gasteiger partial charge in [-0.05, 0) is 43.2 Å². The number of hydrogen-bond acceptors (Lipinski definition) is 6. The molecule has 0 radical (unpaired) electrons. The fourth-order valence-corrected chi connectivity index (χ4v) is 4.44. The number of rotatable bonds is 5. The van der Waals surface area contributed by atoms with Crippen molar-refractivity contribution in [2.45, 2.75) is 38.8 Å². The second-order valence-electron chi connectivity index (χ2n) is 8.39. The molecule has 4 aromatic rings. The van der Waals surface area contributed by atoms with Gasteiger partial charge in [0.05, 0.1) is 28.8 Å². The summed E-state index contributed by atoms with van der Waals surface area (Å²) in [6.07, 6.45) is -0.246. The van der Waals surface area contributed by atoms with Crippen LogP contribution in [0, 0.1) is 5.82 Å². The van der Waals surface area contributed by atoms with Gasteiger partial charge in [-0.15, -0.1) is 10.2 Å². The standard InChI is InChI=1S/C23H21F3N6O3/c1-13(33)30-8-6-17(7-9-30)32-18-5-3-15(24)10-19(18)31(23(32)34)12-16-4-2-14(11-27-16)21-28-29-22(35-21)20(25)26/h2-5,10-11,17,20H,6-9,12H2,1H3. The number of halogens is 3. The molecule has 1 fully saturated rings. The first-order valence-electron chi connectivity index (χ1n) is 11.0. The van der Waals surface area contributed by atoms with Crippen molar-refractivity contribution in [1.29, 1.82) is 0 Å². The van der Waals surface area contributed by atoms with Crippen molar-refractivity contribution < 1.29 is 22.4 Å². The predicted molar refractivity (Wildman–Crippen MR) is 118 cm³/mol. The zero-order valence-electron chi connectivity index (χ0n) is 18.7. The van der Waals surface area contributed by atoms with E-state index < -0.39 is 18.1 Å². The lowest BCUT2D eigenvalue weighted by atomic mass is 10.0. The summed E-state index contributed by atoms with van der Waals surface area (Å²) in [4.78, 5) is 31.2. The number of likely N-dealkylation sites (tertiary alicyclic amines) is 1. The third-order valence-corrected chi connectivity index (χ3v) is 6.22. The van der Waals surface area contributed by atoms with Crippen LogP contribution in [0.25, 0.3) is 22.5 Å². The lowest BCUT2D eigenvalue weighted by molar-refractivity contribution is -0.130. The number of alkyl halides is 2. The highest BCUT2D eigenvalue weighted by Gasteiger charge is 2.26. The predicted octanol–water partition coefficient (Wildman–Crippen LogP) is 3.56. The number of benzene rings is 1. The first-order chi connectivity index (χ1) is 16.8. The Bertz CT molecular complexity index is 1440. The minimum atomic E-state index is -2.87. The van der Waals surface area contributed by atoms with E-state index in [0.29, 0.717) is 48.2 Å². The molecule has 0 bridgehead atoms. The van der Waals surface area contributed by atoms with Gasteiger partial charge in [-0.2, -0.15) is 8.78 Å². The quantitative estimate of drug-likeness (QED) is 0.428. The molecule has 35 heavy (non-hydrogen) atoms. The van der Waals surface area contributed by atoms with E-state index in [1.165, 1.54) is 29.8 Å². The van der Waals surface area contributed by atoms with Gasteiger partial charge in [-0.3, -0.25) is 18.9 Å². The molecular weight excluding hydrogens is 465 g/mol. The van der Waals surface area contributed by atoms with E-state index in [1.54, 1.807) is 27.7 Å². The largest absolute Gasteiger partial charge is 0.415 e. The molecule has 0 N–H and O–H groups in total. The van der Waals surface area contributed by atoms with Crippen LogP contribution in [-0.2, 0) is 11.3 Å². The summed E-state index contributed by atoms with van der Waals surface area (Å²) in [6, 6.07) is 7.29. The average Bonchev–Trinajstić information content (AvgIpc) is 3.44. The van der Waals surface area contributed by atoms with Gasteiger partial charge in [0.25, 0.3) is 5.89 Å². The van der Waals surface area contributed by atoms with Crippen LogP contribution in [0.15, 0.2) is 45.7 Å². The normalized spacial score (nSPS) is 14.8. The van der Waals surface area contributed by atoms with Crippen molar-refractivity contribution in [2.24, 2.45) is 0 Å². The molecule has 1 aliphatic rings. The van der Waals surface area contributed by atoms with Crippen LogP contribution >= 0.6 is 0 Å². The number of amides is 1. The fourth-order valence-electron chi connectivity index (χ4n) is 4.44. The summed E-state index contributed by atoms with van der Waals surface area (Å²) in [5.74, 6) is -1.34. The number of carbonyl (C=O) groups excluding carboxylic acids is 1. The molecule has 12 heteroatoms. The molecule has 1 amide bonds. The molecule has 3 aromatic heterocycles. The maximum absolute atomic E-state index is 14.1. The highest BCUT2D eigenvalue weighted by molar-refractivity contribution is 5.76. The second kappa shape index (κ2) is 9.01. The zero-order chi connectivity index (χ0) is 24.7. The summed E-state index contributed by atoms with van der Waals surface area (Å²) >= 11 is 0. The van der Waals surface area contributed by atoms with Crippen molar-refractivity contribution in [2.75, 3.05) is 13.1 Å². The summed E-state index contributed by atoms with van der Waals surface area (Å²) in [7, 11) is 0. The highest BCUT2D eigenvalue weighted by atomic mass is 19.3. The van der Waals surface area contributed by atoms with E-state index >= 15 is 0 Å². The van der Waals surface area contributed by atoms with Crippen LogP contribution in [0.4, 0.5) is 13.2 Å². The number of imidazole rings is 1. The maximum atomic E-state index is 14.1. The van der Waals surface area contributed by atoms with Crippen molar-refractivity contribution in [1.82, 2.24) is 29.2 Å². The number of hydrogen-bond donors (Lipinski definition) is 0. The molecule has 0 unspecified atom stereocenters. The smallest absolute Gasteiger partial charge is 0.329 e. The fraction of sp³-hybridized carbons (Fsp3) is 0.348. The molecule has 0 saturated carbocycles. The molecule has 0 atom stereocenters. The van der Waals surface area contributed by atoms with E-state index in [0.717, 1.165) is 0 Å². The minimum Gasteiger partial charge on any atom is -0.415 e. The summed E-state index contributed by atoms with van der Waals surface area (Å²) in [6.45, 7) is 2.69. The second-order valence-corrected chi connectivity index (χ2v) is 8.39. The number of fused-ring (bicyclic) bond motifs is 1.